The Kier molecular flexibility index (Phi) is 7.26. The lowest BCUT2D eigenvalue weighted by Crippen LogP contribution is -2.38. The molecule has 5 heteroatoms. The third-order valence-electron chi connectivity index (χ3n) is 6.19. The fourth-order valence-corrected chi connectivity index (χ4v) is 4.56. The average Bonchev–Trinajstić information content (AvgIpc) is 2.78. The second-order valence-corrected chi connectivity index (χ2v) is 8.54. The van der Waals surface area contributed by atoms with E-state index in [0.717, 1.165) is 39.1 Å². The van der Waals surface area contributed by atoms with Crippen molar-refractivity contribution in [2.45, 2.75) is 44.9 Å². The van der Waals surface area contributed by atoms with Crippen LogP contribution in [0, 0.1) is 0 Å². The number of aliphatic hydroxyl groups excluding tert-OH is 1. The van der Waals surface area contributed by atoms with Gasteiger partial charge in [0.15, 0.2) is 11.5 Å². The summed E-state index contributed by atoms with van der Waals surface area (Å²) in [6.07, 6.45) is 4.36. The molecule has 0 radical (unpaired) electrons. The van der Waals surface area contributed by atoms with Gasteiger partial charge in [0.25, 0.3) is 0 Å². The zero-order valence-corrected chi connectivity index (χ0v) is 18.1. The van der Waals surface area contributed by atoms with Gasteiger partial charge in [0.05, 0.1) is 7.11 Å². The van der Waals surface area contributed by atoms with Gasteiger partial charge in [0.2, 0.25) is 0 Å². The van der Waals surface area contributed by atoms with E-state index in [1.54, 1.807) is 7.11 Å². The maximum Gasteiger partial charge on any atom is 0.161 e. The van der Waals surface area contributed by atoms with Crippen LogP contribution in [0.5, 0.6) is 11.5 Å². The zero-order chi connectivity index (χ0) is 20.8. The van der Waals surface area contributed by atoms with Gasteiger partial charge in [-0.3, -0.25) is 4.90 Å². The van der Waals surface area contributed by atoms with E-state index in [9.17, 15) is 5.11 Å². The summed E-state index contributed by atoms with van der Waals surface area (Å²) in [5, 5.41) is 10.4. The van der Waals surface area contributed by atoms with Crippen molar-refractivity contribution in [1.82, 2.24) is 9.80 Å². The largest absolute Gasteiger partial charge is 0.493 e. The van der Waals surface area contributed by atoms with E-state index in [0.29, 0.717) is 18.0 Å². The molecule has 30 heavy (non-hydrogen) atoms. The molecule has 2 aromatic carbocycles. The number of ether oxygens (including phenoxy) is 2. The number of hydrogen-bond donors (Lipinski definition) is 1. The van der Waals surface area contributed by atoms with Crippen molar-refractivity contribution in [3.8, 4) is 11.5 Å². The standard InChI is InChI=1S/C25H34N2O3/c1-29-24-10-9-20(16-27-14-11-21-7-3-4-8-22(21)17-27)15-25(24)30-19-23(28)18-26-12-5-2-6-13-26/h3-4,7-10,15,23,28H,2,5-6,11-14,16-19H2,1H3. The Hall–Kier alpha value is -2.08. The molecule has 1 atom stereocenters. The maximum atomic E-state index is 10.4. The summed E-state index contributed by atoms with van der Waals surface area (Å²) in [5.74, 6) is 1.43. The van der Waals surface area contributed by atoms with Crippen LogP contribution in [-0.4, -0.2) is 60.9 Å². The van der Waals surface area contributed by atoms with Crippen molar-refractivity contribution >= 4 is 0 Å². The van der Waals surface area contributed by atoms with Crippen LogP contribution in [0.15, 0.2) is 42.5 Å². The van der Waals surface area contributed by atoms with Gasteiger partial charge < -0.3 is 19.5 Å². The van der Waals surface area contributed by atoms with E-state index >= 15 is 0 Å². The van der Waals surface area contributed by atoms with E-state index in [4.69, 9.17) is 9.47 Å². The fraction of sp³-hybridized carbons (Fsp3) is 0.520. The number of rotatable bonds is 8. The first-order chi connectivity index (χ1) is 14.7. The number of aliphatic hydroxyl groups is 1. The highest BCUT2D eigenvalue weighted by molar-refractivity contribution is 5.43. The molecule has 162 valence electrons. The third kappa shape index (κ3) is 5.54. The van der Waals surface area contributed by atoms with Gasteiger partial charge in [-0.25, -0.2) is 0 Å². The summed E-state index contributed by atoms with van der Waals surface area (Å²) < 4.78 is 11.5. The molecular formula is C25H34N2O3. The number of nitrogens with zero attached hydrogens (tertiary/aromatic N) is 2. The monoisotopic (exact) mass is 410 g/mol. The third-order valence-corrected chi connectivity index (χ3v) is 6.19. The number of methoxy groups -OCH3 is 1. The molecule has 1 fully saturated rings. The maximum absolute atomic E-state index is 10.4. The average molecular weight is 411 g/mol. The number of fused-ring (bicyclic) bond motifs is 1. The second kappa shape index (κ2) is 10.3. The van der Waals surface area contributed by atoms with Crippen LogP contribution in [0.3, 0.4) is 0 Å². The van der Waals surface area contributed by atoms with Gasteiger partial charge in [-0.2, -0.15) is 0 Å². The van der Waals surface area contributed by atoms with Crippen molar-refractivity contribution in [1.29, 1.82) is 0 Å². The number of β-amino-alcohol motifs (C(OH)–C–C–N with tert-alkyl or cyclic N) is 1. The number of hydrogen-bond acceptors (Lipinski definition) is 5. The minimum atomic E-state index is -0.491. The van der Waals surface area contributed by atoms with E-state index in [-0.39, 0.29) is 6.61 Å². The number of piperidine rings is 1. The summed E-state index contributed by atoms with van der Waals surface area (Å²) in [7, 11) is 1.66. The molecule has 2 aliphatic rings. The summed E-state index contributed by atoms with van der Waals surface area (Å²) in [4.78, 5) is 4.80. The Labute approximate surface area is 180 Å². The van der Waals surface area contributed by atoms with Crippen molar-refractivity contribution in [3.05, 3.63) is 59.2 Å². The van der Waals surface area contributed by atoms with Gasteiger partial charge in [0.1, 0.15) is 12.7 Å². The Balaban J connectivity index is 1.34. The lowest BCUT2D eigenvalue weighted by atomic mass is 9.99. The second-order valence-electron chi connectivity index (χ2n) is 8.54. The van der Waals surface area contributed by atoms with E-state index in [2.05, 4.69) is 46.2 Å². The first-order valence-corrected chi connectivity index (χ1v) is 11.2. The lowest BCUT2D eigenvalue weighted by molar-refractivity contribution is 0.0608. The van der Waals surface area contributed by atoms with Crippen LogP contribution >= 0.6 is 0 Å². The molecule has 4 rings (SSSR count). The van der Waals surface area contributed by atoms with Crippen LogP contribution in [0.4, 0.5) is 0 Å². The van der Waals surface area contributed by atoms with Crippen LogP contribution in [0.1, 0.15) is 36.0 Å². The van der Waals surface area contributed by atoms with Crippen LogP contribution in [0.25, 0.3) is 0 Å². The summed E-state index contributed by atoms with van der Waals surface area (Å²) in [6.45, 7) is 6.04. The molecule has 1 saturated heterocycles. The molecule has 0 saturated carbocycles. The van der Waals surface area contributed by atoms with E-state index in [1.807, 2.05) is 6.07 Å². The quantitative estimate of drug-likeness (QED) is 0.722. The normalized spacial score (nSPS) is 18.6. The van der Waals surface area contributed by atoms with Crippen molar-refractivity contribution in [2.75, 3.05) is 39.9 Å². The molecule has 1 N–H and O–H groups in total. The SMILES string of the molecule is COc1ccc(CN2CCc3ccccc3C2)cc1OCC(O)CN1CCCCC1. The van der Waals surface area contributed by atoms with Gasteiger partial charge in [-0.15, -0.1) is 0 Å². The van der Waals surface area contributed by atoms with Crippen molar-refractivity contribution < 1.29 is 14.6 Å². The Morgan fingerprint density at radius 3 is 2.53 bits per heavy atom. The summed E-state index contributed by atoms with van der Waals surface area (Å²) >= 11 is 0. The fourth-order valence-electron chi connectivity index (χ4n) is 4.56. The predicted octanol–water partition coefficient (Wildman–Crippen LogP) is 3.48. The van der Waals surface area contributed by atoms with Crippen LogP contribution in [-0.2, 0) is 19.5 Å². The first kappa shape index (κ1) is 21.2. The number of benzene rings is 2. The highest BCUT2D eigenvalue weighted by Gasteiger charge is 2.18. The molecule has 1 unspecified atom stereocenters. The molecule has 0 aliphatic carbocycles. The molecule has 0 bridgehead atoms. The topological polar surface area (TPSA) is 45.2 Å². The van der Waals surface area contributed by atoms with Gasteiger partial charge in [0, 0.05) is 26.2 Å². The minimum absolute atomic E-state index is 0.285. The minimum Gasteiger partial charge on any atom is -0.493 e. The van der Waals surface area contributed by atoms with E-state index < -0.39 is 6.10 Å². The molecule has 2 heterocycles. The van der Waals surface area contributed by atoms with Gasteiger partial charge in [-0.1, -0.05) is 36.8 Å². The van der Waals surface area contributed by atoms with Crippen LogP contribution < -0.4 is 9.47 Å². The summed E-state index contributed by atoms with van der Waals surface area (Å²) in [6, 6.07) is 14.9. The molecule has 0 amide bonds. The highest BCUT2D eigenvalue weighted by Crippen LogP contribution is 2.29. The molecular weight excluding hydrogens is 376 g/mol. The smallest absolute Gasteiger partial charge is 0.161 e. The van der Waals surface area contributed by atoms with Crippen molar-refractivity contribution in [2.24, 2.45) is 0 Å². The Bertz CT molecular complexity index is 820. The van der Waals surface area contributed by atoms with Crippen LogP contribution in [0.2, 0.25) is 0 Å². The molecule has 5 nitrogen and oxygen atoms in total. The first-order valence-electron chi connectivity index (χ1n) is 11.2. The molecule has 0 spiro atoms. The zero-order valence-electron chi connectivity index (χ0n) is 18.1. The lowest BCUT2D eigenvalue weighted by Gasteiger charge is -2.29. The molecule has 0 aromatic heterocycles. The summed E-state index contributed by atoms with van der Waals surface area (Å²) in [5.41, 5.74) is 4.10. The molecule has 2 aromatic rings. The predicted molar refractivity (Wildman–Crippen MR) is 119 cm³/mol. The van der Waals surface area contributed by atoms with Gasteiger partial charge >= 0.3 is 0 Å². The Morgan fingerprint density at radius 1 is 0.933 bits per heavy atom. The molecule has 2 aliphatic heterocycles. The number of likely N-dealkylation sites (tertiary alicyclic amines) is 1. The Morgan fingerprint density at radius 2 is 1.73 bits per heavy atom. The van der Waals surface area contributed by atoms with Gasteiger partial charge in [-0.05, 0) is 61.2 Å². The highest BCUT2D eigenvalue weighted by atomic mass is 16.5. The van der Waals surface area contributed by atoms with E-state index in [1.165, 1.54) is 36.0 Å². The van der Waals surface area contributed by atoms with Crippen molar-refractivity contribution in [3.63, 3.8) is 0 Å².